The minimum Gasteiger partial charge on any atom is -0.459 e. The molecular weight excluding hydrogens is 326 g/mol. The molecule has 0 unspecified atom stereocenters. The van der Waals surface area contributed by atoms with Gasteiger partial charge in [-0.3, -0.25) is 0 Å². The molecule has 0 radical (unpaired) electrons. The highest BCUT2D eigenvalue weighted by Crippen LogP contribution is 2.26. The second-order valence-electron chi connectivity index (χ2n) is 5.28. The topological polar surface area (TPSA) is 49.6 Å². The molecule has 2 N–H and O–H groups in total. The number of halogens is 4. The Morgan fingerprint density at radius 2 is 2.00 bits per heavy atom. The maximum absolute atomic E-state index is 13.3. The Morgan fingerprint density at radius 3 is 2.67 bits per heavy atom. The van der Waals surface area contributed by atoms with Gasteiger partial charge in [0.1, 0.15) is 23.7 Å². The smallest absolute Gasteiger partial charge is 0.390 e. The van der Waals surface area contributed by atoms with Gasteiger partial charge in [0, 0.05) is 24.0 Å². The molecule has 24 heavy (non-hydrogen) atoms. The van der Waals surface area contributed by atoms with Gasteiger partial charge in [0.25, 0.3) is 0 Å². The molecule has 1 aromatic carbocycles. The molecule has 1 heterocycles. The molecule has 0 aliphatic rings. The number of benzene rings is 1. The van der Waals surface area contributed by atoms with Crippen LogP contribution < -0.4 is 10.6 Å². The molecule has 0 spiro atoms. The van der Waals surface area contributed by atoms with Gasteiger partial charge in [-0.25, -0.2) is 9.38 Å². The lowest BCUT2D eigenvalue weighted by Crippen LogP contribution is -2.38. The van der Waals surface area contributed by atoms with Gasteiger partial charge in [0.05, 0.1) is 6.42 Å². The summed E-state index contributed by atoms with van der Waals surface area (Å²) in [4.78, 5) is 4.22. The first kappa shape index (κ1) is 18.1. The zero-order valence-corrected chi connectivity index (χ0v) is 13.4. The summed E-state index contributed by atoms with van der Waals surface area (Å²) >= 11 is 0. The maximum Gasteiger partial charge on any atom is 0.390 e. The summed E-state index contributed by atoms with van der Waals surface area (Å²) in [6.45, 7) is 4.00. The predicted octanol–water partition coefficient (Wildman–Crippen LogP) is 3.89. The lowest BCUT2D eigenvalue weighted by Gasteiger charge is -2.12. The number of hydrogen-bond donors (Lipinski definition) is 2. The Balaban J connectivity index is 2.09. The number of fused-ring (bicyclic) bond motifs is 1. The van der Waals surface area contributed by atoms with Crippen LogP contribution in [0.1, 0.15) is 24.7 Å². The number of guanidine groups is 1. The third kappa shape index (κ3) is 4.87. The van der Waals surface area contributed by atoms with Crippen molar-refractivity contribution in [2.75, 3.05) is 13.1 Å². The van der Waals surface area contributed by atoms with Crippen LogP contribution in [-0.2, 0) is 6.54 Å². The third-order valence-corrected chi connectivity index (χ3v) is 3.42. The van der Waals surface area contributed by atoms with E-state index in [4.69, 9.17) is 4.42 Å². The Bertz CT molecular complexity index is 722. The van der Waals surface area contributed by atoms with Crippen LogP contribution in [0.15, 0.2) is 27.6 Å². The molecule has 0 aliphatic carbocycles. The SMILES string of the molecule is CCNC(=NCc1oc2ccc(F)cc2c1C)NCCC(F)(F)F. The fourth-order valence-corrected chi connectivity index (χ4v) is 2.21. The van der Waals surface area contributed by atoms with E-state index in [0.717, 1.165) is 5.56 Å². The van der Waals surface area contributed by atoms with Crippen LogP contribution in [0, 0.1) is 12.7 Å². The Morgan fingerprint density at radius 1 is 1.25 bits per heavy atom. The highest BCUT2D eigenvalue weighted by atomic mass is 19.4. The number of nitrogens with zero attached hydrogens (tertiary/aromatic N) is 1. The van der Waals surface area contributed by atoms with Crippen molar-refractivity contribution >= 4 is 16.9 Å². The molecule has 0 aliphatic heterocycles. The van der Waals surface area contributed by atoms with Crippen LogP contribution in [0.3, 0.4) is 0 Å². The summed E-state index contributed by atoms with van der Waals surface area (Å²) in [5.41, 5.74) is 1.31. The summed E-state index contributed by atoms with van der Waals surface area (Å²) in [5, 5.41) is 6.16. The van der Waals surface area contributed by atoms with Gasteiger partial charge in [0.2, 0.25) is 0 Å². The average molecular weight is 345 g/mol. The molecular formula is C16H19F4N3O. The second-order valence-corrected chi connectivity index (χ2v) is 5.28. The minimum absolute atomic E-state index is 0.142. The van der Waals surface area contributed by atoms with Crippen LogP contribution in [0.25, 0.3) is 11.0 Å². The summed E-state index contributed by atoms with van der Waals surface area (Å²) < 4.78 is 55.5. The fourth-order valence-electron chi connectivity index (χ4n) is 2.21. The zero-order chi connectivity index (χ0) is 17.7. The van der Waals surface area contributed by atoms with Crippen LogP contribution in [0.4, 0.5) is 17.6 Å². The van der Waals surface area contributed by atoms with Gasteiger partial charge in [-0.1, -0.05) is 0 Å². The quantitative estimate of drug-likeness (QED) is 0.491. The van der Waals surface area contributed by atoms with Crippen LogP contribution in [0.5, 0.6) is 0 Å². The summed E-state index contributed by atoms with van der Waals surface area (Å²) in [5.74, 6) is 0.458. The second kappa shape index (κ2) is 7.55. The molecule has 2 rings (SSSR count). The zero-order valence-electron chi connectivity index (χ0n) is 13.4. The fraction of sp³-hybridized carbons (Fsp3) is 0.438. The average Bonchev–Trinajstić information content (AvgIpc) is 2.80. The first-order valence-electron chi connectivity index (χ1n) is 7.56. The molecule has 1 aromatic heterocycles. The van der Waals surface area contributed by atoms with E-state index in [1.54, 1.807) is 6.92 Å². The molecule has 0 amide bonds. The van der Waals surface area contributed by atoms with Gasteiger partial charge in [0.15, 0.2) is 5.96 Å². The molecule has 0 saturated heterocycles. The number of hydrogen-bond acceptors (Lipinski definition) is 2. The monoisotopic (exact) mass is 345 g/mol. The van der Waals surface area contributed by atoms with Crippen molar-refractivity contribution in [1.82, 2.24) is 10.6 Å². The van der Waals surface area contributed by atoms with E-state index in [2.05, 4.69) is 15.6 Å². The van der Waals surface area contributed by atoms with E-state index in [1.807, 2.05) is 6.92 Å². The first-order valence-corrected chi connectivity index (χ1v) is 7.56. The summed E-state index contributed by atoms with van der Waals surface area (Å²) in [6.07, 6.45) is -5.16. The predicted molar refractivity (Wildman–Crippen MR) is 84.4 cm³/mol. The van der Waals surface area contributed by atoms with E-state index in [-0.39, 0.29) is 24.9 Å². The largest absolute Gasteiger partial charge is 0.459 e. The van der Waals surface area contributed by atoms with Crippen molar-refractivity contribution in [3.8, 4) is 0 Å². The number of aryl methyl sites for hydroxylation is 1. The van der Waals surface area contributed by atoms with Gasteiger partial charge in [-0.05, 0) is 32.0 Å². The van der Waals surface area contributed by atoms with Crippen molar-refractivity contribution in [2.45, 2.75) is 33.0 Å². The Labute approximate surface area is 136 Å². The normalized spacial score (nSPS) is 12.7. The van der Waals surface area contributed by atoms with Crippen molar-refractivity contribution in [3.63, 3.8) is 0 Å². The minimum atomic E-state index is -4.22. The number of furan rings is 1. The number of nitrogens with one attached hydrogen (secondary N) is 2. The number of alkyl halides is 3. The Kier molecular flexibility index (Phi) is 5.69. The van der Waals surface area contributed by atoms with Crippen LogP contribution >= 0.6 is 0 Å². The van der Waals surface area contributed by atoms with E-state index < -0.39 is 12.6 Å². The lowest BCUT2D eigenvalue weighted by molar-refractivity contribution is -0.132. The van der Waals surface area contributed by atoms with Crippen LogP contribution in [-0.4, -0.2) is 25.2 Å². The van der Waals surface area contributed by atoms with Gasteiger partial charge >= 0.3 is 6.18 Å². The standard InChI is InChI=1S/C16H19F4N3O/c1-3-21-15(22-7-6-16(18,19)20)23-9-14-10(2)12-8-11(17)4-5-13(12)24-14/h4-5,8H,3,6-7,9H2,1-2H3,(H2,21,22,23). The summed E-state index contributed by atoms with van der Waals surface area (Å²) in [7, 11) is 0. The van der Waals surface area contributed by atoms with Gasteiger partial charge in [-0.15, -0.1) is 0 Å². The van der Waals surface area contributed by atoms with E-state index in [0.29, 0.717) is 23.3 Å². The highest BCUT2D eigenvalue weighted by molar-refractivity contribution is 5.82. The first-order chi connectivity index (χ1) is 11.3. The number of aliphatic imine (C=N–C) groups is 1. The van der Waals surface area contributed by atoms with E-state index in [9.17, 15) is 17.6 Å². The van der Waals surface area contributed by atoms with Crippen molar-refractivity contribution < 1.29 is 22.0 Å². The molecule has 0 atom stereocenters. The van der Waals surface area contributed by atoms with E-state index in [1.165, 1.54) is 18.2 Å². The molecule has 0 bridgehead atoms. The van der Waals surface area contributed by atoms with Crippen molar-refractivity contribution in [1.29, 1.82) is 0 Å². The number of rotatable bonds is 5. The molecule has 2 aromatic rings. The Hall–Kier alpha value is -2.25. The molecule has 8 heteroatoms. The molecule has 0 saturated carbocycles. The lowest BCUT2D eigenvalue weighted by atomic mass is 10.1. The highest BCUT2D eigenvalue weighted by Gasteiger charge is 2.26. The summed E-state index contributed by atoms with van der Waals surface area (Å²) in [6, 6.07) is 4.23. The van der Waals surface area contributed by atoms with Crippen LogP contribution in [0.2, 0.25) is 0 Å². The van der Waals surface area contributed by atoms with Gasteiger partial charge in [-0.2, -0.15) is 13.2 Å². The molecule has 0 fully saturated rings. The molecule has 4 nitrogen and oxygen atoms in total. The maximum atomic E-state index is 13.3. The van der Waals surface area contributed by atoms with Gasteiger partial charge < -0.3 is 15.1 Å². The van der Waals surface area contributed by atoms with E-state index >= 15 is 0 Å². The van der Waals surface area contributed by atoms with Crippen molar-refractivity contribution in [2.24, 2.45) is 4.99 Å². The third-order valence-electron chi connectivity index (χ3n) is 3.42. The molecule has 132 valence electrons. The van der Waals surface area contributed by atoms with Crippen molar-refractivity contribution in [3.05, 3.63) is 35.3 Å².